The lowest BCUT2D eigenvalue weighted by Crippen LogP contribution is -1.98. The predicted octanol–water partition coefficient (Wildman–Crippen LogP) is 14.7. The normalized spacial score (nSPS) is 11.9. The van der Waals surface area contributed by atoms with Crippen molar-refractivity contribution in [3.63, 3.8) is 0 Å². The number of fused-ring (bicyclic) bond motifs is 6. The molecule has 0 radical (unpaired) electrons. The van der Waals surface area contributed by atoms with E-state index in [0.717, 1.165) is 22.4 Å². The van der Waals surface area contributed by atoms with Crippen LogP contribution in [0.4, 0.5) is 0 Å². The van der Waals surface area contributed by atoms with Gasteiger partial charge in [-0.05, 0) is 118 Å². The average molecular weight is 673 g/mol. The first-order chi connectivity index (χ1) is 26.3. The summed E-state index contributed by atoms with van der Waals surface area (Å²) in [6.07, 6.45) is 0. The van der Waals surface area contributed by atoms with Crippen molar-refractivity contribution in [2.75, 3.05) is 0 Å². The molecular weight excluding hydrogens is 641 g/mol. The minimum atomic E-state index is 0.891. The van der Waals surface area contributed by atoms with Crippen molar-refractivity contribution in [1.29, 1.82) is 0 Å². The van der Waals surface area contributed by atoms with Gasteiger partial charge < -0.3 is 4.74 Å². The number of ether oxygens (including phenoxy) is 1. The maximum Gasteiger partial charge on any atom is 0.135 e. The molecule has 1 heterocycles. The molecule has 0 amide bonds. The SMILES string of the molecule is c1ccc(-c2ccc3c(c2)-c2cccc4c(-c5ccc(-c6ccccc6)c(-c6c7ccccc7cc7ccc8ccccc8c67)c5)ccc(c24)O3)cc1. The molecular formula is C52H32O. The van der Waals surface area contributed by atoms with Gasteiger partial charge in [-0.2, -0.15) is 0 Å². The maximum absolute atomic E-state index is 6.64. The molecule has 0 bridgehead atoms. The van der Waals surface area contributed by atoms with Crippen LogP contribution in [0.5, 0.6) is 11.5 Å². The van der Waals surface area contributed by atoms with Gasteiger partial charge in [0.1, 0.15) is 11.5 Å². The molecule has 1 heteroatoms. The molecule has 0 aliphatic carbocycles. The van der Waals surface area contributed by atoms with E-state index in [2.05, 4.69) is 194 Å². The topological polar surface area (TPSA) is 9.23 Å². The molecule has 0 unspecified atom stereocenters. The largest absolute Gasteiger partial charge is 0.456 e. The maximum atomic E-state index is 6.64. The zero-order valence-corrected chi connectivity index (χ0v) is 28.9. The van der Waals surface area contributed by atoms with Crippen LogP contribution in [-0.2, 0) is 0 Å². The molecule has 1 nitrogen and oxygen atoms in total. The summed E-state index contributed by atoms with van der Waals surface area (Å²) in [4.78, 5) is 0. The lowest BCUT2D eigenvalue weighted by Gasteiger charge is -2.24. The molecule has 10 aromatic rings. The Balaban J connectivity index is 1.19. The average Bonchev–Trinajstić information content (AvgIpc) is 3.23. The van der Waals surface area contributed by atoms with Gasteiger partial charge in [0.2, 0.25) is 0 Å². The number of benzene rings is 10. The van der Waals surface area contributed by atoms with Gasteiger partial charge in [-0.1, -0.05) is 164 Å². The fourth-order valence-corrected chi connectivity index (χ4v) is 8.60. The van der Waals surface area contributed by atoms with Gasteiger partial charge in [-0.3, -0.25) is 0 Å². The molecule has 1 aliphatic heterocycles. The van der Waals surface area contributed by atoms with E-state index in [9.17, 15) is 0 Å². The van der Waals surface area contributed by atoms with Crippen molar-refractivity contribution >= 4 is 43.1 Å². The first-order valence-electron chi connectivity index (χ1n) is 18.3. The summed E-state index contributed by atoms with van der Waals surface area (Å²) in [5, 5.41) is 9.86. The third kappa shape index (κ3) is 4.71. The van der Waals surface area contributed by atoms with Crippen molar-refractivity contribution in [3.8, 4) is 67.1 Å². The highest BCUT2D eigenvalue weighted by Gasteiger charge is 2.23. The monoisotopic (exact) mass is 672 g/mol. The van der Waals surface area contributed by atoms with Crippen molar-refractivity contribution in [2.45, 2.75) is 0 Å². The highest BCUT2D eigenvalue weighted by molar-refractivity contribution is 6.23. The molecule has 10 aromatic carbocycles. The van der Waals surface area contributed by atoms with Crippen LogP contribution in [0.25, 0.3) is 98.7 Å². The van der Waals surface area contributed by atoms with Crippen molar-refractivity contribution in [3.05, 3.63) is 194 Å². The molecule has 0 aromatic heterocycles. The molecule has 0 atom stereocenters. The number of hydrogen-bond acceptors (Lipinski definition) is 1. The summed E-state index contributed by atoms with van der Waals surface area (Å²) in [6.45, 7) is 0. The van der Waals surface area contributed by atoms with Crippen LogP contribution < -0.4 is 4.74 Å². The first kappa shape index (κ1) is 29.7. The van der Waals surface area contributed by atoms with Crippen LogP contribution in [0.15, 0.2) is 194 Å². The summed E-state index contributed by atoms with van der Waals surface area (Å²) in [7, 11) is 0. The van der Waals surface area contributed by atoms with Gasteiger partial charge in [0.05, 0.1) is 0 Å². The quantitative estimate of drug-likeness (QED) is 0.134. The summed E-state index contributed by atoms with van der Waals surface area (Å²) < 4.78 is 6.64. The Labute approximate surface area is 308 Å². The van der Waals surface area contributed by atoms with E-state index < -0.39 is 0 Å². The van der Waals surface area contributed by atoms with Gasteiger partial charge in [0.15, 0.2) is 0 Å². The van der Waals surface area contributed by atoms with Crippen molar-refractivity contribution in [1.82, 2.24) is 0 Å². The van der Waals surface area contributed by atoms with Crippen LogP contribution in [0, 0.1) is 0 Å². The molecule has 0 fully saturated rings. The summed E-state index contributed by atoms with van der Waals surface area (Å²) >= 11 is 0. The Morgan fingerprint density at radius 2 is 0.906 bits per heavy atom. The Hall–Kier alpha value is -6.96. The van der Waals surface area contributed by atoms with Crippen LogP contribution in [0.3, 0.4) is 0 Å². The molecule has 53 heavy (non-hydrogen) atoms. The zero-order chi connectivity index (χ0) is 34.9. The molecule has 246 valence electrons. The van der Waals surface area contributed by atoms with E-state index in [4.69, 9.17) is 4.74 Å². The van der Waals surface area contributed by atoms with Crippen molar-refractivity contribution < 1.29 is 4.74 Å². The standard InChI is InChI=1S/C52H32O/c1-3-12-33(13-4-1)36-25-28-48-46(31-36)45-21-11-20-44-41(27-29-49(53-48)51(44)45)38-24-26-40(34-14-5-2-6-15-34)47(32-38)52-43-19-10-8-17-37(43)30-39-23-22-35-16-7-9-18-42(35)50(39)52/h1-32H. The van der Waals surface area contributed by atoms with E-state index in [1.807, 2.05) is 0 Å². The summed E-state index contributed by atoms with van der Waals surface area (Å²) in [5.41, 5.74) is 12.0. The van der Waals surface area contributed by atoms with E-state index in [0.29, 0.717) is 0 Å². The highest BCUT2D eigenvalue weighted by atomic mass is 16.5. The summed E-state index contributed by atoms with van der Waals surface area (Å²) in [6, 6.07) is 70.6. The Morgan fingerprint density at radius 3 is 1.75 bits per heavy atom. The minimum Gasteiger partial charge on any atom is -0.456 e. The van der Waals surface area contributed by atoms with Crippen LogP contribution in [0.2, 0.25) is 0 Å². The van der Waals surface area contributed by atoms with Gasteiger partial charge in [-0.15, -0.1) is 0 Å². The van der Waals surface area contributed by atoms with Gasteiger partial charge in [-0.25, -0.2) is 0 Å². The summed E-state index contributed by atoms with van der Waals surface area (Å²) in [5.74, 6) is 1.79. The minimum absolute atomic E-state index is 0.891. The molecule has 11 rings (SSSR count). The molecule has 0 N–H and O–H groups in total. The van der Waals surface area contributed by atoms with Gasteiger partial charge in [0.25, 0.3) is 0 Å². The second-order valence-corrected chi connectivity index (χ2v) is 14.0. The fraction of sp³-hybridized carbons (Fsp3) is 0. The molecule has 0 saturated carbocycles. The smallest absolute Gasteiger partial charge is 0.135 e. The Kier molecular flexibility index (Phi) is 6.62. The number of rotatable bonds is 4. The zero-order valence-electron chi connectivity index (χ0n) is 28.9. The Bertz CT molecular complexity index is 3070. The number of hydrogen-bond donors (Lipinski definition) is 0. The highest BCUT2D eigenvalue weighted by Crippen LogP contribution is 2.51. The van der Waals surface area contributed by atoms with E-state index in [1.54, 1.807) is 0 Å². The van der Waals surface area contributed by atoms with Gasteiger partial charge in [0, 0.05) is 10.9 Å². The Morgan fingerprint density at radius 1 is 0.264 bits per heavy atom. The van der Waals surface area contributed by atoms with Crippen LogP contribution in [0.1, 0.15) is 0 Å². The predicted molar refractivity (Wildman–Crippen MR) is 224 cm³/mol. The van der Waals surface area contributed by atoms with E-state index >= 15 is 0 Å². The lowest BCUT2D eigenvalue weighted by molar-refractivity contribution is 0.487. The second-order valence-electron chi connectivity index (χ2n) is 14.0. The third-order valence-corrected chi connectivity index (χ3v) is 11.0. The first-order valence-corrected chi connectivity index (χ1v) is 18.3. The second kappa shape index (κ2) is 11.8. The van der Waals surface area contributed by atoms with Gasteiger partial charge >= 0.3 is 0 Å². The van der Waals surface area contributed by atoms with E-state index in [-0.39, 0.29) is 0 Å². The lowest BCUT2D eigenvalue weighted by atomic mass is 9.83. The molecule has 1 aliphatic rings. The van der Waals surface area contributed by atoms with Crippen LogP contribution in [-0.4, -0.2) is 0 Å². The fourth-order valence-electron chi connectivity index (χ4n) is 8.60. The molecule has 0 saturated heterocycles. The van der Waals surface area contributed by atoms with Crippen LogP contribution >= 0.6 is 0 Å². The van der Waals surface area contributed by atoms with Crippen molar-refractivity contribution in [2.24, 2.45) is 0 Å². The van der Waals surface area contributed by atoms with E-state index in [1.165, 1.54) is 87.8 Å². The third-order valence-electron chi connectivity index (χ3n) is 11.0. The molecule has 0 spiro atoms.